The van der Waals surface area contributed by atoms with E-state index in [9.17, 15) is 0 Å². The van der Waals surface area contributed by atoms with Gasteiger partial charge in [-0.15, -0.1) is 0 Å². The van der Waals surface area contributed by atoms with Crippen LogP contribution in [-0.2, 0) is 6.42 Å². The van der Waals surface area contributed by atoms with Crippen LogP contribution < -0.4 is 10.6 Å². The Morgan fingerprint density at radius 1 is 1.14 bits per heavy atom. The molecule has 3 N–H and O–H groups in total. The number of amidine groups is 1. The second-order valence-corrected chi connectivity index (χ2v) is 7.58. The Morgan fingerprint density at radius 3 is 2.64 bits per heavy atom. The van der Waals surface area contributed by atoms with Crippen LogP contribution >= 0.6 is 0 Å². The summed E-state index contributed by atoms with van der Waals surface area (Å²) in [7, 11) is 2.18. The lowest BCUT2D eigenvalue weighted by Crippen LogP contribution is -2.49. The van der Waals surface area contributed by atoms with E-state index in [4.69, 9.17) is 4.99 Å². The van der Waals surface area contributed by atoms with Crippen LogP contribution in [0.4, 0.5) is 5.82 Å². The minimum atomic E-state index is 0.0439. The molecule has 0 amide bonds. The fraction of sp³-hybridized carbons (Fsp3) is 0.429. The van der Waals surface area contributed by atoms with E-state index < -0.39 is 0 Å². The molecule has 2 aromatic rings. The summed E-state index contributed by atoms with van der Waals surface area (Å²) in [5, 5.41) is 14.3. The lowest BCUT2D eigenvalue weighted by molar-refractivity contribution is 0.174. The largest absolute Gasteiger partial charge is 0.356 e. The molecule has 148 valence electrons. The van der Waals surface area contributed by atoms with Crippen molar-refractivity contribution in [2.45, 2.75) is 25.9 Å². The third-order valence-electron chi connectivity index (χ3n) is 5.24. The van der Waals surface area contributed by atoms with E-state index in [1.54, 1.807) is 0 Å². The third kappa shape index (κ3) is 4.72. The molecule has 0 spiro atoms. The van der Waals surface area contributed by atoms with Crippen molar-refractivity contribution in [2.24, 2.45) is 4.99 Å². The molecule has 2 aliphatic rings. The zero-order valence-electron chi connectivity index (χ0n) is 16.7. The third-order valence-corrected chi connectivity index (χ3v) is 5.24. The van der Waals surface area contributed by atoms with Crippen LogP contribution in [0.3, 0.4) is 0 Å². The molecule has 28 heavy (non-hydrogen) atoms. The first-order chi connectivity index (χ1) is 13.7. The highest BCUT2D eigenvalue weighted by atomic mass is 15.3. The van der Waals surface area contributed by atoms with Crippen molar-refractivity contribution in [3.63, 3.8) is 0 Å². The van der Waals surface area contributed by atoms with Gasteiger partial charge in [-0.25, -0.2) is 4.99 Å². The summed E-state index contributed by atoms with van der Waals surface area (Å²) in [6, 6.07) is 12.6. The molecule has 1 fully saturated rings. The number of nitrogens with zero attached hydrogens (tertiary/aromatic N) is 4. The van der Waals surface area contributed by atoms with Gasteiger partial charge in [0.1, 0.15) is 17.8 Å². The average Bonchev–Trinajstić information content (AvgIpc) is 3.12. The number of aryl methyl sites for hydroxylation is 2. The maximum atomic E-state index is 4.89. The van der Waals surface area contributed by atoms with Crippen molar-refractivity contribution < 1.29 is 0 Å². The molecule has 4 rings (SSSR count). The quantitative estimate of drug-likeness (QED) is 0.743. The van der Waals surface area contributed by atoms with Gasteiger partial charge in [0.2, 0.25) is 0 Å². The molecular weight excluding hydrogens is 350 g/mol. The number of hydrogen-bond donors (Lipinski definition) is 3. The van der Waals surface area contributed by atoms with E-state index in [0.29, 0.717) is 0 Å². The number of aromatic nitrogens is 2. The van der Waals surface area contributed by atoms with Crippen LogP contribution in [0.1, 0.15) is 17.7 Å². The van der Waals surface area contributed by atoms with Gasteiger partial charge in [0, 0.05) is 44.0 Å². The molecule has 1 aromatic carbocycles. The molecule has 7 nitrogen and oxygen atoms in total. The van der Waals surface area contributed by atoms with Gasteiger partial charge in [-0.1, -0.05) is 30.3 Å². The molecule has 7 heteroatoms. The Bertz CT molecular complexity index is 831. The number of H-pyrrole nitrogens is 1. The van der Waals surface area contributed by atoms with Crippen LogP contribution in [0.5, 0.6) is 0 Å². The molecular formula is C21H29N7. The van der Waals surface area contributed by atoms with Crippen molar-refractivity contribution in [3.8, 4) is 0 Å². The lowest BCUT2D eigenvalue weighted by Gasteiger charge is -2.38. The molecule has 1 atom stereocenters. The zero-order valence-corrected chi connectivity index (χ0v) is 16.7. The highest BCUT2D eigenvalue weighted by Gasteiger charge is 2.22. The van der Waals surface area contributed by atoms with E-state index >= 15 is 0 Å². The molecule has 0 radical (unpaired) electrons. The van der Waals surface area contributed by atoms with Gasteiger partial charge in [-0.3, -0.25) is 5.10 Å². The van der Waals surface area contributed by atoms with Gasteiger partial charge in [-0.2, -0.15) is 5.10 Å². The molecule has 1 aromatic heterocycles. The molecule has 0 saturated carbocycles. The summed E-state index contributed by atoms with van der Waals surface area (Å²) >= 11 is 0. The summed E-state index contributed by atoms with van der Waals surface area (Å²) in [6.45, 7) is 6.19. The van der Waals surface area contributed by atoms with Crippen molar-refractivity contribution in [3.05, 3.63) is 59.6 Å². The van der Waals surface area contributed by atoms with Gasteiger partial charge in [-0.05, 0) is 32.4 Å². The van der Waals surface area contributed by atoms with Crippen molar-refractivity contribution in [1.82, 2.24) is 25.3 Å². The minimum absolute atomic E-state index is 0.0439. The maximum absolute atomic E-state index is 4.89. The van der Waals surface area contributed by atoms with Crippen LogP contribution in [0.2, 0.25) is 0 Å². The monoisotopic (exact) mass is 379 g/mol. The number of likely N-dealkylation sites (N-methyl/N-ethyl adjacent to an activating group) is 1. The summed E-state index contributed by atoms with van der Waals surface area (Å²) in [6.07, 6.45) is 4.09. The zero-order chi connectivity index (χ0) is 19.3. The normalized spacial score (nSPS) is 20.4. The topological polar surface area (TPSA) is 71.6 Å². The summed E-state index contributed by atoms with van der Waals surface area (Å²) < 4.78 is 0. The second kappa shape index (κ2) is 8.48. The molecule has 1 unspecified atom stereocenters. The predicted octanol–water partition coefficient (Wildman–Crippen LogP) is 2.18. The number of benzene rings is 1. The van der Waals surface area contributed by atoms with Gasteiger partial charge >= 0.3 is 0 Å². The minimum Gasteiger partial charge on any atom is -0.356 e. The second-order valence-electron chi connectivity index (χ2n) is 7.58. The first-order valence-corrected chi connectivity index (χ1v) is 9.98. The summed E-state index contributed by atoms with van der Waals surface area (Å²) in [4.78, 5) is 9.67. The molecule has 0 bridgehead atoms. The van der Waals surface area contributed by atoms with Gasteiger partial charge in [0.05, 0.1) is 0 Å². The van der Waals surface area contributed by atoms with E-state index in [0.717, 1.165) is 62.2 Å². The standard InChI is InChI=1S/C21H29N7/c1-16-14-20(26-25-16)23-19-15-21(28-12-10-27(2)11-13-28)24-18(22-19)9-8-17-6-4-3-5-7-17/h3-7,14-15,18,24H,8-13H2,1-2H3,(H2,22,23,25,26). The summed E-state index contributed by atoms with van der Waals surface area (Å²) in [5.41, 5.74) is 2.37. The first kappa shape index (κ1) is 18.6. The van der Waals surface area contributed by atoms with Crippen molar-refractivity contribution in [2.75, 3.05) is 38.5 Å². The lowest BCUT2D eigenvalue weighted by atomic mass is 10.1. The maximum Gasteiger partial charge on any atom is 0.153 e. The van der Waals surface area contributed by atoms with Gasteiger partial charge in [0.15, 0.2) is 5.82 Å². The Morgan fingerprint density at radius 2 is 1.93 bits per heavy atom. The van der Waals surface area contributed by atoms with E-state index in [1.165, 1.54) is 5.56 Å². The Hall–Kier alpha value is -2.80. The number of aliphatic imine (C=N–C) groups is 1. The molecule has 1 saturated heterocycles. The Balaban J connectivity index is 1.48. The fourth-order valence-corrected chi connectivity index (χ4v) is 3.58. The fourth-order valence-electron chi connectivity index (χ4n) is 3.58. The van der Waals surface area contributed by atoms with Crippen LogP contribution in [0.15, 0.2) is 53.3 Å². The molecule has 2 aliphatic heterocycles. The van der Waals surface area contributed by atoms with Crippen LogP contribution in [-0.4, -0.2) is 65.2 Å². The van der Waals surface area contributed by atoms with Crippen molar-refractivity contribution in [1.29, 1.82) is 0 Å². The smallest absolute Gasteiger partial charge is 0.153 e. The highest BCUT2D eigenvalue weighted by molar-refractivity contribution is 6.04. The van der Waals surface area contributed by atoms with Gasteiger partial charge < -0.3 is 20.4 Å². The van der Waals surface area contributed by atoms with Crippen LogP contribution in [0.25, 0.3) is 0 Å². The van der Waals surface area contributed by atoms with Crippen LogP contribution in [0, 0.1) is 6.92 Å². The van der Waals surface area contributed by atoms with Crippen molar-refractivity contribution >= 4 is 11.7 Å². The number of aromatic amines is 1. The van der Waals surface area contributed by atoms with E-state index in [2.05, 4.69) is 74.1 Å². The number of anilines is 1. The Kier molecular flexibility index (Phi) is 5.62. The predicted molar refractivity (Wildman–Crippen MR) is 113 cm³/mol. The summed E-state index contributed by atoms with van der Waals surface area (Å²) in [5.74, 6) is 2.81. The average molecular weight is 380 g/mol. The first-order valence-electron chi connectivity index (χ1n) is 9.98. The van der Waals surface area contributed by atoms with E-state index in [-0.39, 0.29) is 6.17 Å². The Labute approximate surface area is 166 Å². The number of piperazine rings is 1. The molecule has 3 heterocycles. The SMILES string of the molecule is Cc1cc(NC2=NC(CCc3ccccc3)NC(N3CCN(C)CC3)=C2)n[nH]1. The van der Waals surface area contributed by atoms with E-state index in [1.807, 2.05) is 13.0 Å². The molecule has 0 aliphatic carbocycles. The van der Waals surface area contributed by atoms with Gasteiger partial charge in [0.25, 0.3) is 0 Å². The number of hydrogen-bond acceptors (Lipinski definition) is 6. The number of rotatable bonds is 5. The number of nitrogens with one attached hydrogen (secondary N) is 3. The highest BCUT2D eigenvalue weighted by Crippen LogP contribution is 2.16.